The molecule has 3 amide bonds. The predicted molar refractivity (Wildman–Crippen MR) is 105 cm³/mol. The lowest BCUT2D eigenvalue weighted by Gasteiger charge is -2.22. The van der Waals surface area contributed by atoms with E-state index in [2.05, 4.69) is 10.3 Å². The molecule has 0 spiro atoms. The number of carbonyl (C=O) groups is 2. The van der Waals surface area contributed by atoms with E-state index in [1.54, 1.807) is 25.1 Å². The van der Waals surface area contributed by atoms with Crippen molar-refractivity contribution in [2.45, 2.75) is 19.0 Å². The number of halogens is 2. The highest BCUT2D eigenvalue weighted by Crippen LogP contribution is 2.33. The van der Waals surface area contributed by atoms with Gasteiger partial charge in [-0.05, 0) is 36.8 Å². The first kappa shape index (κ1) is 18.5. The molecule has 1 N–H and O–H groups in total. The summed E-state index contributed by atoms with van der Waals surface area (Å²) in [5, 5.41) is 3.41. The lowest BCUT2D eigenvalue weighted by Crippen LogP contribution is -2.40. The second-order valence-corrected chi connectivity index (χ2v) is 7.40. The van der Waals surface area contributed by atoms with Crippen LogP contribution in [0.2, 0.25) is 10.0 Å². The molecule has 2 heterocycles. The van der Waals surface area contributed by atoms with Crippen molar-refractivity contribution in [3.05, 3.63) is 76.1 Å². The summed E-state index contributed by atoms with van der Waals surface area (Å²) in [6.45, 7) is 1.63. The monoisotopic (exact) mass is 415 g/mol. The topological polar surface area (TPSA) is 75.4 Å². The number of rotatable bonds is 4. The van der Waals surface area contributed by atoms with Gasteiger partial charge in [-0.3, -0.25) is 9.69 Å². The van der Waals surface area contributed by atoms with Gasteiger partial charge in [0.25, 0.3) is 5.91 Å². The van der Waals surface area contributed by atoms with Gasteiger partial charge >= 0.3 is 6.03 Å². The predicted octanol–water partition coefficient (Wildman–Crippen LogP) is 4.62. The van der Waals surface area contributed by atoms with E-state index in [1.165, 1.54) is 6.26 Å². The molecule has 2 aromatic carbocycles. The normalized spacial score (nSPS) is 19.2. The minimum absolute atomic E-state index is 0.00207. The van der Waals surface area contributed by atoms with Gasteiger partial charge in [-0.2, -0.15) is 0 Å². The van der Waals surface area contributed by atoms with Crippen LogP contribution >= 0.6 is 23.2 Å². The summed E-state index contributed by atoms with van der Waals surface area (Å²) in [5.74, 6) is 0.0232. The van der Waals surface area contributed by atoms with Gasteiger partial charge in [0, 0.05) is 5.56 Å². The number of benzene rings is 2. The molecule has 0 aliphatic carbocycles. The lowest BCUT2D eigenvalue weighted by atomic mass is 9.92. The second-order valence-electron chi connectivity index (χ2n) is 6.59. The van der Waals surface area contributed by atoms with Crippen molar-refractivity contribution in [3.8, 4) is 11.5 Å². The molecular weight excluding hydrogens is 401 g/mol. The molecule has 3 aromatic rings. The summed E-state index contributed by atoms with van der Waals surface area (Å²) in [6, 6.07) is 13.7. The Kier molecular flexibility index (Phi) is 4.61. The Morgan fingerprint density at radius 3 is 2.57 bits per heavy atom. The van der Waals surface area contributed by atoms with Crippen LogP contribution in [0.5, 0.6) is 0 Å². The van der Waals surface area contributed by atoms with Crippen molar-refractivity contribution < 1.29 is 14.0 Å². The van der Waals surface area contributed by atoms with Gasteiger partial charge in [-0.1, -0.05) is 47.5 Å². The summed E-state index contributed by atoms with van der Waals surface area (Å²) in [4.78, 5) is 31.0. The van der Waals surface area contributed by atoms with Crippen molar-refractivity contribution in [1.82, 2.24) is 15.2 Å². The van der Waals surface area contributed by atoms with E-state index >= 15 is 0 Å². The van der Waals surface area contributed by atoms with Crippen LogP contribution in [0.15, 0.2) is 59.2 Å². The maximum atomic E-state index is 13.0. The molecule has 6 nitrogen and oxygen atoms in total. The molecule has 1 atom stereocenters. The van der Waals surface area contributed by atoms with Gasteiger partial charge in [0.1, 0.15) is 11.8 Å². The van der Waals surface area contributed by atoms with Gasteiger partial charge in [0.2, 0.25) is 5.89 Å². The van der Waals surface area contributed by atoms with E-state index in [4.69, 9.17) is 27.6 Å². The SMILES string of the molecule is C[C@]1(c2ccc(Cl)c(Cl)c2)NC(=O)N(Cc2coc(-c3ccccc3)n2)C1=O. The zero-order valence-corrected chi connectivity index (χ0v) is 16.3. The van der Waals surface area contributed by atoms with Crippen molar-refractivity contribution in [1.29, 1.82) is 0 Å². The van der Waals surface area contributed by atoms with E-state index in [0.717, 1.165) is 10.5 Å². The van der Waals surface area contributed by atoms with Gasteiger partial charge < -0.3 is 9.73 Å². The number of oxazole rings is 1. The van der Waals surface area contributed by atoms with Gasteiger partial charge in [0.05, 0.1) is 22.3 Å². The Morgan fingerprint density at radius 1 is 1.11 bits per heavy atom. The van der Waals surface area contributed by atoms with Crippen molar-refractivity contribution >= 4 is 35.1 Å². The van der Waals surface area contributed by atoms with Crippen LogP contribution in [-0.2, 0) is 16.9 Å². The Bertz CT molecular complexity index is 1070. The van der Waals surface area contributed by atoms with Crippen LogP contribution in [0.1, 0.15) is 18.2 Å². The third kappa shape index (κ3) is 3.15. The minimum Gasteiger partial charge on any atom is -0.444 e. The van der Waals surface area contributed by atoms with Crippen molar-refractivity contribution in [3.63, 3.8) is 0 Å². The fourth-order valence-corrected chi connectivity index (χ4v) is 3.40. The van der Waals surface area contributed by atoms with Crippen LogP contribution in [0.4, 0.5) is 4.79 Å². The smallest absolute Gasteiger partial charge is 0.325 e. The highest BCUT2D eigenvalue weighted by Gasteiger charge is 2.49. The van der Waals surface area contributed by atoms with Gasteiger partial charge in [-0.25, -0.2) is 9.78 Å². The number of nitrogens with zero attached hydrogens (tertiary/aromatic N) is 2. The molecule has 1 aliphatic heterocycles. The van der Waals surface area contributed by atoms with Crippen LogP contribution < -0.4 is 5.32 Å². The number of hydrogen-bond acceptors (Lipinski definition) is 4. The van der Waals surface area contributed by atoms with E-state index in [-0.39, 0.29) is 6.54 Å². The average molecular weight is 416 g/mol. The molecule has 1 saturated heterocycles. The highest BCUT2D eigenvalue weighted by atomic mass is 35.5. The minimum atomic E-state index is -1.24. The van der Waals surface area contributed by atoms with E-state index in [9.17, 15) is 9.59 Å². The zero-order valence-electron chi connectivity index (χ0n) is 14.8. The molecule has 0 bridgehead atoms. The molecule has 0 radical (unpaired) electrons. The lowest BCUT2D eigenvalue weighted by molar-refractivity contribution is -0.131. The van der Waals surface area contributed by atoms with E-state index in [0.29, 0.717) is 27.2 Å². The van der Waals surface area contributed by atoms with Gasteiger partial charge in [0.15, 0.2) is 0 Å². The van der Waals surface area contributed by atoms with Crippen LogP contribution in [0, 0.1) is 0 Å². The molecule has 8 heteroatoms. The molecule has 1 aliphatic rings. The fourth-order valence-electron chi connectivity index (χ4n) is 3.10. The number of urea groups is 1. The van der Waals surface area contributed by atoms with E-state index < -0.39 is 17.5 Å². The molecule has 0 unspecified atom stereocenters. The van der Waals surface area contributed by atoms with Crippen LogP contribution in [0.3, 0.4) is 0 Å². The third-order valence-corrected chi connectivity index (χ3v) is 5.40. The summed E-state index contributed by atoms with van der Waals surface area (Å²) >= 11 is 12.0. The van der Waals surface area contributed by atoms with Crippen molar-refractivity contribution in [2.75, 3.05) is 0 Å². The molecule has 1 aromatic heterocycles. The number of aromatic nitrogens is 1. The molecule has 142 valence electrons. The standard InChI is InChI=1S/C20H15Cl2N3O3/c1-20(13-7-8-15(21)16(22)9-13)18(26)25(19(27)24-20)10-14-11-28-17(23-14)12-5-3-2-4-6-12/h2-9,11H,10H2,1H3,(H,24,27)/t20-/m1/s1. The highest BCUT2D eigenvalue weighted by molar-refractivity contribution is 6.42. The number of hydrogen-bond donors (Lipinski definition) is 1. The molecule has 4 rings (SSSR count). The Morgan fingerprint density at radius 2 is 1.86 bits per heavy atom. The summed E-state index contributed by atoms with van der Waals surface area (Å²) < 4.78 is 5.48. The maximum Gasteiger partial charge on any atom is 0.325 e. The third-order valence-electron chi connectivity index (χ3n) is 4.66. The Labute approximate surface area is 171 Å². The van der Waals surface area contributed by atoms with Crippen LogP contribution in [0.25, 0.3) is 11.5 Å². The quantitative estimate of drug-likeness (QED) is 0.630. The number of imide groups is 1. The largest absolute Gasteiger partial charge is 0.444 e. The number of amides is 3. The Hall–Kier alpha value is -2.83. The maximum absolute atomic E-state index is 13.0. The average Bonchev–Trinajstić information content (AvgIpc) is 3.24. The van der Waals surface area contributed by atoms with Crippen molar-refractivity contribution in [2.24, 2.45) is 0 Å². The van der Waals surface area contributed by atoms with E-state index in [1.807, 2.05) is 30.3 Å². The first-order chi connectivity index (χ1) is 13.4. The fraction of sp³-hybridized carbons (Fsp3) is 0.150. The first-order valence-corrected chi connectivity index (χ1v) is 9.23. The summed E-state index contributed by atoms with van der Waals surface area (Å²) in [5.41, 5.74) is 0.595. The Balaban J connectivity index is 1.58. The second kappa shape index (κ2) is 6.96. The molecule has 1 fully saturated rings. The summed E-state index contributed by atoms with van der Waals surface area (Å²) in [6.07, 6.45) is 1.44. The molecule has 28 heavy (non-hydrogen) atoms. The number of nitrogens with one attached hydrogen (secondary N) is 1. The number of carbonyl (C=O) groups excluding carboxylic acids is 2. The zero-order chi connectivity index (χ0) is 19.9. The molecule has 0 saturated carbocycles. The van der Waals surface area contributed by atoms with Crippen LogP contribution in [-0.4, -0.2) is 21.8 Å². The first-order valence-electron chi connectivity index (χ1n) is 8.48. The van der Waals surface area contributed by atoms with Gasteiger partial charge in [-0.15, -0.1) is 0 Å². The molecular formula is C20H15Cl2N3O3. The summed E-state index contributed by atoms with van der Waals surface area (Å²) in [7, 11) is 0.